The number of likely N-dealkylation sites (tertiary alicyclic amines) is 1. The molecule has 1 aromatic carbocycles. The number of halogens is 2. The van der Waals surface area contributed by atoms with Gasteiger partial charge in [0.15, 0.2) is 0 Å². The van der Waals surface area contributed by atoms with E-state index in [2.05, 4.69) is 10.2 Å². The fourth-order valence-corrected chi connectivity index (χ4v) is 6.37. The largest absolute Gasteiger partial charge is 0.381 e. The average molecular weight is 565 g/mol. The fourth-order valence-electron chi connectivity index (χ4n) is 6.21. The van der Waals surface area contributed by atoms with Crippen molar-refractivity contribution in [1.82, 2.24) is 20.0 Å². The molecule has 3 amide bonds. The zero-order valence-electron chi connectivity index (χ0n) is 23.6. The molecule has 4 rings (SSSR count). The van der Waals surface area contributed by atoms with Gasteiger partial charge in [-0.25, -0.2) is 4.39 Å². The minimum absolute atomic E-state index is 0.00381. The maximum absolute atomic E-state index is 15.1. The Morgan fingerprint density at radius 1 is 1.08 bits per heavy atom. The molecule has 0 spiro atoms. The number of carbonyl (C=O) groups is 3. The van der Waals surface area contributed by atoms with E-state index in [-0.39, 0.29) is 40.8 Å². The van der Waals surface area contributed by atoms with Crippen LogP contribution < -0.4 is 5.32 Å². The summed E-state index contributed by atoms with van der Waals surface area (Å²) in [7, 11) is 0. The second-order valence-corrected chi connectivity index (χ2v) is 12.8. The number of rotatable bonds is 6. The first-order chi connectivity index (χ1) is 18.4. The second-order valence-electron chi connectivity index (χ2n) is 12.3. The van der Waals surface area contributed by atoms with Crippen LogP contribution in [0.25, 0.3) is 0 Å². The highest BCUT2D eigenvalue weighted by Crippen LogP contribution is 2.38. The van der Waals surface area contributed by atoms with Crippen molar-refractivity contribution in [3.05, 3.63) is 34.6 Å². The number of nitrogens with one attached hydrogen (secondary N) is 1. The van der Waals surface area contributed by atoms with Crippen molar-refractivity contribution >= 4 is 29.3 Å². The van der Waals surface area contributed by atoms with Crippen LogP contribution in [0.4, 0.5) is 4.39 Å². The highest BCUT2D eigenvalue weighted by atomic mass is 35.5. The number of ether oxygens (including phenoxy) is 1. The molecule has 3 aliphatic rings. The number of carbonyl (C=O) groups excluding carboxylic acids is 3. The third-order valence-electron chi connectivity index (χ3n) is 8.13. The summed E-state index contributed by atoms with van der Waals surface area (Å²) in [5, 5.41) is 3.15. The summed E-state index contributed by atoms with van der Waals surface area (Å²) in [4.78, 5) is 44.9. The Kier molecular flexibility index (Phi) is 9.55. The number of hydrogen-bond donors (Lipinski definition) is 1. The molecule has 3 aliphatic heterocycles. The monoisotopic (exact) mass is 564 g/mol. The predicted octanol–water partition coefficient (Wildman–Crippen LogP) is 3.29. The average Bonchev–Trinajstić information content (AvgIpc) is 3.32. The summed E-state index contributed by atoms with van der Waals surface area (Å²) in [6.45, 7) is 11.8. The lowest BCUT2D eigenvalue weighted by molar-refractivity contribution is -0.144. The minimum Gasteiger partial charge on any atom is -0.381 e. The maximum atomic E-state index is 15.1. The van der Waals surface area contributed by atoms with Gasteiger partial charge < -0.3 is 19.9 Å². The van der Waals surface area contributed by atoms with E-state index in [4.69, 9.17) is 16.3 Å². The Labute approximate surface area is 236 Å². The number of piperazine rings is 1. The van der Waals surface area contributed by atoms with E-state index in [1.54, 1.807) is 17.0 Å². The third-order valence-corrected chi connectivity index (χ3v) is 8.36. The van der Waals surface area contributed by atoms with Crippen LogP contribution in [-0.2, 0) is 19.1 Å². The molecule has 0 aromatic heterocycles. The van der Waals surface area contributed by atoms with Gasteiger partial charge in [-0.2, -0.15) is 0 Å². The zero-order chi connectivity index (χ0) is 28.3. The van der Waals surface area contributed by atoms with Gasteiger partial charge in [0.1, 0.15) is 11.9 Å². The van der Waals surface area contributed by atoms with Gasteiger partial charge in [0.25, 0.3) is 0 Å². The third kappa shape index (κ3) is 7.50. The highest BCUT2D eigenvalue weighted by Gasteiger charge is 2.44. The van der Waals surface area contributed by atoms with Gasteiger partial charge >= 0.3 is 0 Å². The molecule has 3 heterocycles. The molecular formula is C29H42ClFN4O4. The molecule has 3 atom stereocenters. The Hall–Kier alpha value is -2.23. The van der Waals surface area contributed by atoms with Gasteiger partial charge in [0.2, 0.25) is 17.7 Å². The molecule has 216 valence electrons. The first-order valence-corrected chi connectivity index (χ1v) is 14.4. The predicted molar refractivity (Wildman–Crippen MR) is 148 cm³/mol. The summed E-state index contributed by atoms with van der Waals surface area (Å²) in [5.74, 6) is -1.37. The van der Waals surface area contributed by atoms with Gasteiger partial charge in [-0.05, 0) is 42.4 Å². The van der Waals surface area contributed by atoms with E-state index in [9.17, 15) is 14.4 Å². The van der Waals surface area contributed by atoms with Crippen LogP contribution in [0.5, 0.6) is 0 Å². The van der Waals surface area contributed by atoms with Gasteiger partial charge in [0.05, 0.1) is 5.92 Å². The molecule has 10 heteroatoms. The lowest BCUT2D eigenvalue weighted by Crippen LogP contribution is -2.57. The molecule has 1 aromatic rings. The normalized spacial score (nSPS) is 24.1. The first kappa shape index (κ1) is 29.7. The Morgan fingerprint density at radius 2 is 1.72 bits per heavy atom. The molecule has 0 saturated carbocycles. The quantitative estimate of drug-likeness (QED) is 0.573. The number of nitrogens with zero attached hydrogens (tertiary/aromatic N) is 3. The topological polar surface area (TPSA) is 82.2 Å². The van der Waals surface area contributed by atoms with Crippen LogP contribution in [0, 0.1) is 17.2 Å². The van der Waals surface area contributed by atoms with Crippen molar-refractivity contribution in [1.29, 1.82) is 0 Å². The van der Waals surface area contributed by atoms with Gasteiger partial charge in [-0.1, -0.05) is 38.4 Å². The van der Waals surface area contributed by atoms with Crippen LogP contribution >= 0.6 is 11.6 Å². The fraction of sp³-hybridized carbons (Fsp3) is 0.690. The molecule has 1 N–H and O–H groups in total. The summed E-state index contributed by atoms with van der Waals surface area (Å²) < 4.78 is 20.6. The van der Waals surface area contributed by atoms with Crippen molar-refractivity contribution in [2.24, 2.45) is 11.3 Å². The molecule has 8 nitrogen and oxygen atoms in total. The highest BCUT2D eigenvalue weighted by molar-refractivity contribution is 6.30. The van der Waals surface area contributed by atoms with Crippen LogP contribution in [-0.4, -0.2) is 97.0 Å². The number of amides is 3. The van der Waals surface area contributed by atoms with Crippen LogP contribution in [0.1, 0.15) is 58.4 Å². The van der Waals surface area contributed by atoms with Crippen molar-refractivity contribution in [3.8, 4) is 0 Å². The Bertz CT molecular complexity index is 1050. The zero-order valence-corrected chi connectivity index (χ0v) is 24.3. The number of hydrogen-bond acceptors (Lipinski definition) is 5. The van der Waals surface area contributed by atoms with E-state index in [1.807, 2.05) is 25.7 Å². The lowest BCUT2D eigenvalue weighted by atomic mass is 9.87. The molecule has 0 radical (unpaired) electrons. The van der Waals surface area contributed by atoms with E-state index >= 15 is 4.39 Å². The van der Waals surface area contributed by atoms with E-state index in [0.717, 1.165) is 12.8 Å². The smallest absolute Gasteiger partial charge is 0.245 e. The molecule has 3 saturated heterocycles. The summed E-state index contributed by atoms with van der Waals surface area (Å²) in [6.07, 6.45) is 2.34. The molecule has 0 bridgehead atoms. The minimum atomic E-state index is -0.593. The summed E-state index contributed by atoms with van der Waals surface area (Å²) in [6, 6.07) is 4.45. The lowest BCUT2D eigenvalue weighted by Gasteiger charge is -2.39. The standard InChI is InChI=1S/C29H42ClFN4O4/c1-19(36)32-26(16-29(2,3)4)28(38)34-11-9-33(10-12-34)27(37)24-18-35(21-7-13-39-14-8-21)17-23(24)22-6-5-20(30)15-25(22)31/h5-6,15,21,23-24,26H,7-14,16-18H2,1-4H3,(H,32,36)/t23-,24+,26-/m0/s1. The van der Waals surface area contributed by atoms with E-state index < -0.39 is 6.04 Å². The van der Waals surface area contributed by atoms with E-state index in [1.165, 1.54) is 13.0 Å². The Morgan fingerprint density at radius 3 is 2.31 bits per heavy atom. The van der Waals surface area contributed by atoms with Crippen molar-refractivity contribution in [3.63, 3.8) is 0 Å². The molecule has 0 aliphatic carbocycles. The molecule has 39 heavy (non-hydrogen) atoms. The maximum Gasteiger partial charge on any atom is 0.245 e. The van der Waals surface area contributed by atoms with Gasteiger partial charge in [-0.15, -0.1) is 0 Å². The van der Waals surface area contributed by atoms with Crippen LogP contribution in [0.2, 0.25) is 5.02 Å². The summed E-state index contributed by atoms with van der Waals surface area (Å²) in [5.41, 5.74) is 0.396. The van der Waals surface area contributed by atoms with Crippen LogP contribution in [0.15, 0.2) is 18.2 Å². The van der Waals surface area contributed by atoms with E-state index in [0.29, 0.717) is 75.5 Å². The van der Waals surface area contributed by atoms with Gasteiger partial charge in [-0.3, -0.25) is 19.3 Å². The molecular weight excluding hydrogens is 523 g/mol. The molecule has 0 unspecified atom stereocenters. The number of benzene rings is 1. The first-order valence-electron chi connectivity index (χ1n) is 14.0. The SMILES string of the molecule is CC(=O)N[C@@H](CC(C)(C)C)C(=O)N1CCN(C(=O)[C@@H]2CN(C3CCOCC3)C[C@H]2c2ccc(Cl)cc2F)CC1. The van der Waals surface area contributed by atoms with Gasteiger partial charge in [0, 0.05) is 76.4 Å². The van der Waals surface area contributed by atoms with Crippen molar-refractivity contribution < 1.29 is 23.5 Å². The Balaban J connectivity index is 1.45. The summed E-state index contributed by atoms with van der Waals surface area (Å²) >= 11 is 6.02. The van der Waals surface area contributed by atoms with Crippen LogP contribution in [0.3, 0.4) is 0 Å². The van der Waals surface area contributed by atoms with Crippen molar-refractivity contribution in [2.45, 2.75) is 65.0 Å². The van der Waals surface area contributed by atoms with Crippen molar-refractivity contribution in [2.75, 3.05) is 52.5 Å². The molecule has 3 fully saturated rings. The second kappa shape index (κ2) is 12.5.